The molecule has 2 nitrogen and oxygen atoms in total. The molecule has 1 aromatic carbocycles. The molecule has 0 unspecified atom stereocenters. The summed E-state index contributed by atoms with van der Waals surface area (Å²) in [5.74, 6) is 0. The lowest BCUT2D eigenvalue weighted by Crippen LogP contribution is -2.30. The number of nitriles is 1. The van der Waals surface area contributed by atoms with E-state index in [-0.39, 0.29) is 12.6 Å². The molecule has 0 N–H and O–H groups in total. The quantitative estimate of drug-likeness (QED) is 0.771. The summed E-state index contributed by atoms with van der Waals surface area (Å²) >= 11 is 0. The molecule has 0 aliphatic rings. The van der Waals surface area contributed by atoms with E-state index in [1.807, 2.05) is 24.8 Å². The van der Waals surface area contributed by atoms with Crippen LogP contribution in [0.25, 0.3) is 0 Å². The van der Waals surface area contributed by atoms with Crippen LogP contribution in [0.4, 0.5) is 13.2 Å². The van der Waals surface area contributed by atoms with E-state index in [0.29, 0.717) is 12.1 Å². The van der Waals surface area contributed by atoms with Crippen molar-refractivity contribution in [3.8, 4) is 6.07 Å². The summed E-state index contributed by atoms with van der Waals surface area (Å²) in [5.41, 5.74) is -0.0885. The maximum atomic E-state index is 12.5. The SMILES string of the molecule is CC(C)N(CC#N)Cc1cccc(C(F)(F)F)c1. The zero-order valence-electron chi connectivity index (χ0n) is 10.3. The molecule has 98 valence electrons. The Morgan fingerprint density at radius 3 is 2.50 bits per heavy atom. The molecule has 0 fully saturated rings. The first-order valence-corrected chi connectivity index (χ1v) is 5.61. The molecule has 0 aliphatic carbocycles. The summed E-state index contributed by atoms with van der Waals surface area (Å²) in [4.78, 5) is 1.81. The van der Waals surface area contributed by atoms with E-state index in [9.17, 15) is 13.2 Å². The van der Waals surface area contributed by atoms with Crippen LogP contribution in [0.2, 0.25) is 0 Å². The minimum Gasteiger partial charge on any atom is -0.284 e. The normalized spacial score (nSPS) is 11.9. The van der Waals surface area contributed by atoms with Crippen molar-refractivity contribution in [1.82, 2.24) is 4.90 Å². The minimum absolute atomic E-state index is 0.110. The lowest BCUT2D eigenvalue weighted by Gasteiger charge is -2.23. The lowest BCUT2D eigenvalue weighted by molar-refractivity contribution is -0.137. The molecule has 0 radical (unpaired) electrons. The van der Waals surface area contributed by atoms with Gasteiger partial charge in [0.2, 0.25) is 0 Å². The lowest BCUT2D eigenvalue weighted by atomic mass is 10.1. The Morgan fingerprint density at radius 2 is 2.00 bits per heavy atom. The second kappa shape index (κ2) is 5.87. The molecule has 0 bridgehead atoms. The van der Waals surface area contributed by atoms with Gasteiger partial charge in [-0.3, -0.25) is 4.90 Å². The van der Waals surface area contributed by atoms with Crippen molar-refractivity contribution in [3.05, 3.63) is 35.4 Å². The molecule has 0 atom stereocenters. The van der Waals surface area contributed by atoms with Crippen molar-refractivity contribution in [2.24, 2.45) is 0 Å². The monoisotopic (exact) mass is 256 g/mol. The van der Waals surface area contributed by atoms with Crippen LogP contribution in [0.3, 0.4) is 0 Å². The Hall–Kier alpha value is -1.54. The molecule has 0 spiro atoms. The molecule has 0 saturated carbocycles. The van der Waals surface area contributed by atoms with Crippen molar-refractivity contribution in [1.29, 1.82) is 5.26 Å². The third-order valence-electron chi connectivity index (χ3n) is 2.64. The predicted octanol–water partition coefficient (Wildman–Crippen LogP) is 3.44. The third kappa shape index (κ3) is 4.04. The second-order valence-electron chi connectivity index (χ2n) is 4.35. The van der Waals surface area contributed by atoms with Gasteiger partial charge in [0, 0.05) is 12.6 Å². The Morgan fingerprint density at radius 1 is 1.33 bits per heavy atom. The maximum Gasteiger partial charge on any atom is 0.416 e. The number of hydrogen-bond acceptors (Lipinski definition) is 2. The van der Waals surface area contributed by atoms with Gasteiger partial charge in [-0.1, -0.05) is 18.2 Å². The van der Waals surface area contributed by atoms with Gasteiger partial charge in [0.15, 0.2) is 0 Å². The molecule has 0 saturated heterocycles. The summed E-state index contributed by atoms with van der Waals surface area (Å²) in [5, 5.41) is 8.68. The number of halogens is 3. The number of alkyl halides is 3. The van der Waals surface area contributed by atoms with Gasteiger partial charge in [0.05, 0.1) is 18.2 Å². The Kier molecular flexibility index (Phi) is 4.74. The molecule has 5 heteroatoms. The first-order valence-electron chi connectivity index (χ1n) is 5.61. The largest absolute Gasteiger partial charge is 0.416 e. The van der Waals surface area contributed by atoms with Crippen LogP contribution in [0, 0.1) is 11.3 Å². The van der Waals surface area contributed by atoms with Crippen molar-refractivity contribution in [2.75, 3.05) is 6.54 Å². The van der Waals surface area contributed by atoms with Crippen LogP contribution in [-0.4, -0.2) is 17.5 Å². The molecular weight excluding hydrogens is 241 g/mol. The van der Waals surface area contributed by atoms with Crippen LogP contribution in [0.15, 0.2) is 24.3 Å². The van der Waals surface area contributed by atoms with Gasteiger partial charge < -0.3 is 0 Å². The van der Waals surface area contributed by atoms with Crippen molar-refractivity contribution in [2.45, 2.75) is 32.6 Å². The fourth-order valence-electron chi connectivity index (χ4n) is 1.59. The average molecular weight is 256 g/mol. The van der Waals surface area contributed by atoms with E-state index in [1.165, 1.54) is 6.07 Å². The molecule has 0 aromatic heterocycles. The molecule has 18 heavy (non-hydrogen) atoms. The standard InChI is InChI=1S/C13H15F3N2/c1-10(2)18(7-6-17)9-11-4-3-5-12(8-11)13(14,15)16/h3-5,8,10H,7,9H2,1-2H3. The zero-order valence-corrected chi connectivity index (χ0v) is 10.3. The van der Waals surface area contributed by atoms with E-state index in [4.69, 9.17) is 5.26 Å². The third-order valence-corrected chi connectivity index (χ3v) is 2.64. The fourth-order valence-corrected chi connectivity index (χ4v) is 1.59. The van der Waals surface area contributed by atoms with E-state index >= 15 is 0 Å². The highest BCUT2D eigenvalue weighted by molar-refractivity contribution is 5.25. The minimum atomic E-state index is -4.33. The average Bonchev–Trinajstić information content (AvgIpc) is 2.27. The van der Waals surface area contributed by atoms with Crippen molar-refractivity contribution >= 4 is 0 Å². The van der Waals surface area contributed by atoms with Gasteiger partial charge in [-0.15, -0.1) is 0 Å². The summed E-state index contributed by atoms with van der Waals surface area (Å²) < 4.78 is 37.6. The Labute approximate surface area is 105 Å². The summed E-state index contributed by atoms with van der Waals surface area (Å²) in [6.45, 7) is 4.36. The van der Waals surface area contributed by atoms with Crippen LogP contribution in [0.1, 0.15) is 25.0 Å². The van der Waals surface area contributed by atoms with Crippen LogP contribution in [-0.2, 0) is 12.7 Å². The van der Waals surface area contributed by atoms with Gasteiger partial charge in [0.1, 0.15) is 0 Å². The number of nitrogens with zero attached hydrogens (tertiary/aromatic N) is 2. The highest BCUT2D eigenvalue weighted by Gasteiger charge is 2.30. The topological polar surface area (TPSA) is 27.0 Å². The van der Waals surface area contributed by atoms with Gasteiger partial charge in [-0.2, -0.15) is 18.4 Å². The van der Waals surface area contributed by atoms with Gasteiger partial charge in [-0.25, -0.2) is 0 Å². The van der Waals surface area contributed by atoms with Crippen LogP contribution >= 0.6 is 0 Å². The molecular formula is C13H15F3N2. The van der Waals surface area contributed by atoms with Gasteiger partial charge in [-0.05, 0) is 25.5 Å². The van der Waals surface area contributed by atoms with Gasteiger partial charge >= 0.3 is 6.18 Å². The molecule has 1 aromatic rings. The predicted molar refractivity (Wildman–Crippen MR) is 62.6 cm³/mol. The highest BCUT2D eigenvalue weighted by Crippen LogP contribution is 2.29. The first kappa shape index (κ1) is 14.5. The summed E-state index contributed by atoms with van der Waals surface area (Å²) in [7, 11) is 0. The van der Waals surface area contributed by atoms with E-state index in [2.05, 4.69) is 0 Å². The van der Waals surface area contributed by atoms with Crippen LogP contribution < -0.4 is 0 Å². The zero-order chi connectivity index (χ0) is 13.8. The number of rotatable bonds is 4. The van der Waals surface area contributed by atoms with Crippen molar-refractivity contribution in [3.63, 3.8) is 0 Å². The fraction of sp³-hybridized carbons (Fsp3) is 0.462. The first-order chi connectivity index (χ1) is 8.34. The summed E-state index contributed by atoms with van der Waals surface area (Å²) in [6, 6.07) is 7.34. The second-order valence-corrected chi connectivity index (χ2v) is 4.35. The van der Waals surface area contributed by atoms with E-state index in [0.717, 1.165) is 12.1 Å². The van der Waals surface area contributed by atoms with Crippen LogP contribution in [0.5, 0.6) is 0 Å². The molecule has 0 amide bonds. The van der Waals surface area contributed by atoms with Gasteiger partial charge in [0.25, 0.3) is 0 Å². The highest BCUT2D eigenvalue weighted by atomic mass is 19.4. The molecule has 0 aliphatic heterocycles. The number of hydrogen-bond donors (Lipinski definition) is 0. The maximum absolute atomic E-state index is 12.5. The summed E-state index contributed by atoms with van der Waals surface area (Å²) in [6.07, 6.45) is -4.33. The van der Waals surface area contributed by atoms with Crippen molar-refractivity contribution < 1.29 is 13.2 Å². The Balaban J connectivity index is 2.88. The van der Waals surface area contributed by atoms with E-state index in [1.54, 1.807) is 6.07 Å². The van der Waals surface area contributed by atoms with E-state index < -0.39 is 11.7 Å². The number of benzene rings is 1. The molecule has 1 rings (SSSR count). The molecule has 0 heterocycles. The smallest absolute Gasteiger partial charge is 0.284 e. The Bertz CT molecular complexity index is 433.